The largest absolute Gasteiger partial charge is 0.385 e. The van der Waals surface area contributed by atoms with Gasteiger partial charge in [0.1, 0.15) is 0 Å². The number of likely N-dealkylation sites (tertiary alicyclic amines) is 1. The molecule has 0 bridgehead atoms. The minimum Gasteiger partial charge on any atom is -0.385 e. The Morgan fingerprint density at radius 2 is 2.00 bits per heavy atom. The van der Waals surface area contributed by atoms with Gasteiger partial charge in [0, 0.05) is 46.4 Å². The minimum atomic E-state index is -3.52. The minimum absolute atomic E-state index is 0.176. The molecule has 0 aromatic carbocycles. The fourth-order valence-corrected chi connectivity index (χ4v) is 7.05. The molecule has 9 heteroatoms. The number of aromatic nitrogens is 2. The lowest BCUT2D eigenvalue weighted by Gasteiger charge is -2.38. The molecule has 3 fully saturated rings. The van der Waals surface area contributed by atoms with Crippen LogP contribution >= 0.6 is 0 Å². The van der Waals surface area contributed by atoms with Gasteiger partial charge in [0.25, 0.3) is 10.0 Å². The predicted molar refractivity (Wildman–Crippen MR) is 114 cm³/mol. The third kappa shape index (κ3) is 4.19. The summed E-state index contributed by atoms with van der Waals surface area (Å²) in [5.41, 5.74) is 0.865. The van der Waals surface area contributed by atoms with E-state index in [0.717, 1.165) is 57.7 Å². The Hall–Kier alpha value is -1.00. The molecule has 4 rings (SSSR count). The van der Waals surface area contributed by atoms with Crippen LogP contribution < -0.4 is 0 Å². The first-order valence-corrected chi connectivity index (χ1v) is 12.5. The number of sulfonamides is 1. The van der Waals surface area contributed by atoms with Gasteiger partial charge in [-0.15, -0.1) is 0 Å². The van der Waals surface area contributed by atoms with Crippen molar-refractivity contribution >= 4 is 10.0 Å². The normalized spacial score (nSPS) is 30.5. The summed E-state index contributed by atoms with van der Waals surface area (Å²) >= 11 is 0. The van der Waals surface area contributed by atoms with E-state index in [2.05, 4.69) is 16.9 Å². The van der Waals surface area contributed by atoms with E-state index in [1.54, 1.807) is 24.5 Å². The van der Waals surface area contributed by atoms with E-state index in [0.29, 0.717) is 24.5 Å². The summed E-state index contributed by atoms with van der Waals surface area (Å²) in [6, 6.07) is 2.09. The summed E-state index contributed by atoms with van der Waals surface area (Å²) < 4.78 is 40.8. The maximum Gasteiger partial charge on any atom is 0.260 e. The SMILES string of the molecule is COCC[C@@]1(C)CCN([C@@H]2COC3(CCN(S(=O)(=O)c4cc(C)nn4C)CC3)C2)C1. The molecular weight excluding hydrogens is 404 g/mol. The molecule has 3 aliphatic rings. The monoisotopic (exact) mass is 440 g/mol. The lowest BCUT2D eigenvalue weighted by molar-refractivity contribution is -0.0317. The van der Waals surface area contributed by atoms with Gasteiger partial charge in [-0.1, -0.05) is 6.92 Å². The fraction of sp³-hybridized carbons (Fsp3) is 0.857. The highest BCUT2D eigenvalue weighted by molar-refractivity contribution is 7.89. The molecule has 8 nitrogen and oxygen atoms in total. The highest BCUT2D eigenvalue weighted by Crippen LogP contribution is 2.42. The molecule has 0 aliphatic carbocycles. The van der Waals surface area contributed by atoms with Crippen LogP contribution in [0, 0.1) is 12.3 Å². The zero-order chi connectivity index (χ0) is 21.6. The number of hydrogen-bond acceptors (Lipinski definition) is 6. The number of methoxy groups -OCH3 is 1. The molecule has 0 amide bonds. The third-order valence-electron chi connectivity index (χ3n) is 7.40. The van der Waals surface area contributed by atoms with Crippen LogP contribution in [0.25, 0.3) is 0 Å². The van der Waals surface area contributed by atoms with Crippen LogP contribution in [0.15, 0.2) is 11.1 Å². The number of ether oxygens (including phenoxy) is 2. The second-order valence-electron chi connectivity index (χ2n) is 9.78. The molecule has 1 spiro atoms. The van der Waals surface area contributed by atoms with Crippen LogP contribution in [0.5, 0.6) is 0 Å². The van der Waals surface area contributed by atoms with Gasteiger partial charge in [-0.2, -0.15) is 9.40 Å². The van der Waals surface area contributed by atoms with Crippen LogP contribution in [-0.2, 0) is 26.5 Å². The van der Waals surface area contributed by atoms with E-state index in [4.69, 9.17) is 9.47 Å². The van der Waals surface area contributed by atoms with Crippen molar-refractivity contribution in [1.29, 1.82) is 0 Å². The van der Waals surface area contributed by atoms with Crippen LogP contribution in [0.2, 0.25) is 0 Å². The van der Waals surface area contributed by atoms with E-state index in [1.807, 2.05) is 6.92 Å². The molecule has 1 aromatic heterocycles. The van der Waals surface area contributed by atoms with Gasteiger partial charge in [-0.25, -0.2) is 8.42 Å². The standard InChI is InChI=1S/C21H36N4O4S/c1-17-13-19(23(3)22-17)30(26,27)25-10-6-21(7-11-25)14-18(15-29-21)24-9-5-20(2,16-24)8-12-28-4/h13,18H,5-12,14-16H2,1-4H3/t18-,20+/m0/s1. The molecule has 0 unspecified atom stereocenters. The second kappa shape index (κ2) is 8.16. The highest BCUT2D eigenvalue weighted by Gasteiger charge is 2.48. The predicted octanol–water partition coefficient (Wildman–Crippen LogP) is 1.79. The van der Waals surface area contributed by atoms with Crippen molar-refractivity contribution in [2.24, 2.45) is 12.5 Å². The summed E-state index contributed by atoms with van der Waals surface area (Å²) in [5, 5.41) is 4.47. The summed E-state index contributed by atoms with van der Waals surface area (Å²) in [6.45, 7) is 8.97. The van der Waals surface area contributed by atoms with E-state index in [1.165, 1.54) is 11.1 Å². The molecule has 3 aliphatic heterocycles. The molecule has 0 saturated carbocycles. The van der Waals surface area contributed by atoms with E-state index in [-0.39, 0.29) is 10.6 Å². The topological polar surface area (TPSA) is 76.9 Å². The Labute approximate surface area is 180 Å². The summed E-state index contributed by atoms with van der Waals surface area (Å²) in [4.78, 5) is 2.59. The van der Waals surface area contributed by atoms with Crippen LogP contribution in [0.1, 0.15) is 44.7 Å². The first kappa shape index (κ1) is 22.2. The maximum absolute atomic E-state index is 13.1. The van der Waals surface area contributed by atoms with E-state index in [9.17, 15) is 8.42 Å². The first-order valence-electron chi connectivity index (χ1n) is 11.0. The lowest BCUT2D eigenvalue weighted by Crippen LogP contribution is -2.47. The summed E-state index contributed by atoms with van der Waals surface area (Å²) in [5.74, 6) is 0. The van der Waals surface area contributed by atoms with E-state index >= 15 is 0 Å². The number of rotatable bonds is 6. The number of hydrogen-bond donors (Lipinski definition) is 0. The van der Waals surface area contributed by atoms with Gasteiger partial charge in [0.15, 0.2) is 5.03 Å². The zero-order valence-electron chi connectivity index (χ0n) is 18.8. The molecule has 0 N–H and O–H groups in total. The van der Waals surface area contributed by atoms with Crippen molar-refractivity contribution in [3.8, 4) is 0 Å². The average Bonchev–Trinajstić information content (AvgIpc) is 3.39. The Morgan fingerprint density at radius 3 is 2.63 bits per heavy atom. The van der Waals surface area contributed by atoms with Crippen molar-refractivity contribution < 1.29 is 17.9 Å². The smallest absolute Gasteiger partial charge is 0.260 e. The highest BCUT2D eigenvalue weighted by atomic mass is 32.2. The molecule has 0 radical (unpaired) electrons. The summed E-state index contributed by atoms with van der Waals surface area (Å²) in [7, 11) is -0.0581. The maximum atomic E-state index is 13.1. The summed E-state index contributed by atoms with van der Waals surface area (Å²) in [6.07, 6.45) is 4.82. The zero-order valence-corrected chi connectivity index (χ0v) is 19.6. The molecule has 3 saturated heterocycles. The van der Waals surface area contributed by atoms with E-state index < -0.39 is 10.0 Å². The van der Waals surface area contributed by atoms with Crippen molar-refractivity contribution in [3.05, 3.63) is 11.8 Å². The second-order valence-corrected chi connectivity index (χ2v) is 11.7. The number of piperidine rings is 1. The van der Waals surface area contributed by atoms with Gasteiger partial charge in [-0.3, -0.25) is 9.58 Å². The van der Waals surface area contributed by atoms with Gasteiger partial charge in [0.2, 0.25) is 0 Å². The van der Waals surface area contributed by atoms with Gasteiger partial charge in [0.05, 0.1) is 17.9 Å². The number of nitrogens with zero attached hydrogens (tertiary/aromatic N) is 4. The molecule has 4 heterocycles. The molecule has 30 heavy (non-hydrogen) atoms. The van der Waals surface area contributed by atoms with Gasteiger partial charge >= 0.3 is 0 Å². The molecule has 1 aromatic rings. The molecular formula is C21H36N4O4S. The molecule has 2 atom stereocenters. The van der Waals surface area contributed by atoms with Crippen LogP contribution in [0.3, 0.4) is 0 Å². The Balaban J connectivity index is 1.35. The van der Waals surface area contributed by atoms with Crippen molar-refractivity contribution in [2.45, 2.75) is 62.6 Å². The Kier molecular flexibility index (Phi) is 6.04. The first-order chi connectivity index (χ1) is 14.2. The average molecular weight is 441 g/mol. The number of aryl methyl sites for hydroxylation is 2. The Bertz CT molecular complexity index is 862. The van der Waals surface area contributed by atoms with Crippen molar-refractivity contribution in [3.63, 3.8) is 0 Å². The Morgan fingerprint density at radius 1 is 1.27 bits per heavy atom. The fourth-order valence-electron chi connectivity index (χ4n) is 5.42. The lowest BCUT2D eigenvalue weighted by atomic mass is 9.86. The van der Waals surface area contributed by atoms with Crippen molar-refractivity contribution in [1.82, 2.24) is 19.0 Å². The van der Waals surface area contributed by atoms with Gasteiger partial charge in [-0.05, 0) is 57.1 Å². The van der Waals surface area contributed by atoms with Crippen LogP contribution in [0.4, 0.5) is 0 Å². The molecule has 170 valence electrons. The van der Waals surface area contributed by atoms with Crippen LogP contribution in [-0.4, -0.2) is 85.5 Å². The third-order valence-corrected chi connectivity index (χ3v) is 9.36. The van der Waals surface area contributed by atoms with Crippen molar-refractivity contribution in [2.75, 3.05) is 46.5 Å². The quantitative estimate of drug-likeness (QED) is 0.671. The van der Waals surface area contributed by atoms with Gasteiger partial charge < -0.3 is 9.47 Å².